The van der Waals surface area contributed by atoms with E-state index in [0.29, 0.717) is 11.3 Å². The van der Waals surface area contributed by atoms with Crippen LogP contribution in [0.5, 0.6) is 0 Å². The van der Waals surface area contributed by atoms with Gasteiger partial charge in [-0.1, -0.05) is 52.8 Å². The Hall–Kier alpha value is -2.40. The molecule has 0 aliphatic carbocycles. The lowest BCUT2D eigenvalue weighted by molar-refractivity contribution is -0.121. The molecule has 0 fully saturated rings. The van der Waals surface area contributed by atoms with Crippen molar-refractivity contribution in [2.75, 3.05) is 6.54 Å². The molecule has 0 spiro atoms. The fourth-order valence-corrected chi connectivity index (χ4v) is 3.26. The largest absolute Gasteiger partial charge is 0.352 e. The van der Waals surface area contributed by atoms with E-state index < -0.39 is 0 Å². The molecule has 1 N–H and O–H groups in total. The molecule has 1 aliphatic heterocycles. The molecule has 4 nitrogen and oxygen atoms in total. The number of carbonyl (C=O) groups excluding carboxylic acids is 2. The van der Waals surface area contributed by atoms with Crippen LogP contribution in [-0.4, -0.2) is 29.3 Å². The van der Waals surface area contributed by atoms with E-state index in [1.807, 2.05) is 49.4 Å². The maximum Gasteiger partial charge on any atom is 0.259 e. The number of amides is 2. The molecule has 0 aromatic heterocycles. The highest BCUT2D eigenvalue weighted by Crippen LogP contribution is 2.30. The van der Waals surface area contributed by atoms with E-state index >= 15 is 0 Å². The number of rotatable bonds is 5. The third kappa shape index (κ3) is 3.82. The highest BCUT2D eigenvalue weighted by Gasteiger charge is 2.31. The maximum absolute atomic E-state index is 12.4. The highest BCUT2D eigenvalue weighted by molar-refractivity contribution is 9.10. The summed E-state index contributed by atoms with van der Waals surface area (Å²) in [7, 11) is 0. The SMILES string of the molecule is C=C1c2ccccc2C(=O)N1CC(=O)NC(C)Cc1ccc(Br)cc1. The minimum Gasteiger partial charge on any atom is -0.352 e. The van der Waals surface area contributed by atoms with Crippen LogP contribution in [0, 0.1) is 0 Å². The normalized spacial score (nSPS) is 14.4. The van der Waals surface area contributed by atoms with Gasteiger partial charge in [-0.3, -0.25) is 14.5 Å². The van der Waals surface area contributed by atoms with Crippen LogP contribution in [0.1, 0.15) is 28.4 Å². The van der Waals surface area contributed by atoms with E-state index in [9.17, 15) is 9.59 Å². The molecule has 0 bridgehead atoms. The zero-order valence-corrected chi connectivity index (χ0v) is 15.5. The van der Waals surface area contributed by atoms with Crippen LogP contribution in [0.2, 0.25) is 0 Å². The van der Waals surface area contributed by atoms with Crippen molar-refractivity contribution in [1.82, 2.24) is 10.2 Å². The molecule has 128 valence electrons. The first-order valence-electron chi connectivity index (χ1n) is 8.09. The van der Waals surface area contributed by atoms with Crippen LogP contribution in [0.15, 0.2) is 59.6 Å². The van der Waals surface area contributed by atoms with Crippen molar-refractivity contribution in [1.29, 1.82) is 0 Å². The molecule has 1 unspecified atom stereocenters. The first-order valence-corrected chi connectivity index (χ1v) is 8.89. The first kappa shape index (κ1) is 17.4. The highest BCUT2D eigenvalue weighted by atomic mass is 79.9. The summed E-state index contributed by atoms with van der Waals surface area (Å²) in [6.07, 6.45) is 0.730. The Morgan fingerprint density at radius 2 is 1.80 bits per heavy atom. The molecule has 2 aromatic rings. The monoisotopic (exact) mass is 398 g/mol. The lowest BCUT2D eigenvalue weighted by Gasteiger charge is -2.19. The predicted molar refractivity (Wildman–Crippen MR) is 102 cm³/mol. The number of nitrogens with zero attached hydrogens (tertiary/aromatic N) is 1. The number of hydrogen-bond acceptors (Lipinski definition) is 2. The van der Waals surface area contributed by atoms with Crippen LogP contribution in [0.3, 0.4) is 0 Å². The van der Waals surface area contributed by atoms with Crippen LogP contribution in [-0.2, 0) is 11.2 Å². The van der Waals surface area contributed by atoms with E-state index in [0.717, 1.165) is 22.0 Å². The van der Waals surface area contributed by atoms with E-state index in [2.05, 4.69) is 27.8 Å². The van der Waals surface area contributed by atoms with Gasteiger partial charge in [0.2, 0.25) is 5.91 Å². The van der Waals surface area contributed by atoms with Crippen molar-refractivity contribution in [2.45, 2.75) is 19.4 Å². The molecule has 0 saturated carbocycles. The Morgan fingerprint density at radius 1 is 1.16 bits per heavy atom. The molecule has 25 heavy (non-hydrogen) atoms. The molecule has 2 amide bonds. The van der Waals surface area contributed by atoms with Crippen LogP contribution in [0.4, 0.5) is 0 Å². The second-order valence-corrected chi connectivity index (χ2v) is 7.10. The van der Waals surface area contributed by atoms with Crippen molar-refractivity contribution in [3.63, 3.8) is 0 Å². The average Bonchev–Trinajstić information content (AvgIpc) is 2.82. The summed E-state index contributed by atoms with van der Waals surface area (Å²) in [6, 6.07) is 15.3. The minimum absolute atomic E-state index is 0.0168. The van der Waals surface area contributed by atoms with Gasteiger partial charge in [0.05, 0.1) is 0 Å². The summed E-state index contributed by atoms with van der Waals surface area (Å²) in [6.45, 7) is 5.89. The van der Waals surface area contributed by atoms with Crippen molar-refractivity contribution >= 4 is 33.4 Å². The van der Waals surface area contributed by atoms with E-state index in [4.69, 9.17) is 0 Å². The lowest BCUT2D eigenvalue weighted by Crippen LogP contribution is -2.41. The summed E-state index contributed by atoms with van der Waals surface area (Å²) < 4.78 is 1.03. The summed E-state index contributed by atoms with van der Waals surface area (Å²) in [5.74, 6) is -0.358. The molecule has 0 radical (unpaired) electrons. The zero-order chi connectivity index (χ0) is 18.0. The number of benzene rings is 2. The van der Waals surface area contributed by atoms with Crippen LogP contribution in [0.25, 0.3) is 5.70 Å². The first-order chi connectivity index (χ1) is 12.0. The van der Waals surface area contributed by atoms with Gasteiger partial charge in [-0.25, -0.2) is 0 Å². The second-order valence-electron chi connectivity index (χ2n) is 6.18. The summed E-state index contributed by atoms with van der Waals surface area (Å²) in [4.78, 5) is 26.2. The smallest absolute Gasteiger partial charge is 0.259 e. The molecule has 1 aliphatic rings. The Balaban J connectivity index is 1.59. The van der Waals surface area contributed by atoms with Gasteiger partial charge in [0.25, 0.3) is 5.91 Å². The van der Waals surface area contributed by atoms with Gasteiger partial charge in [-0.15, -0.1) is 0 Å². The predicted octanol–water partition coefficient (Wildman–Crippen LogP) is 3.62. The molecule has 3 rings (SSSR count). The van der Waals surface area contributed by atoms with Crippen LogP contribution >= 0.6 is 15.9 Å². The van der Waals surface area contributed by atoms with E-state index in [1.165, 1.54) is 4.90 Å². The number of hydrogen-bond donors (Lipinski definition) is 1. The number of carbonyl (C=O) groups is 2. The quantitative estimate of drug-likeness (QED) is 0.835. The minimum atomic E-state index is -0.188. The van der Waals surface area contributed by atoms with Gasteiger partial charge in [0, 0.05) is 27.3 Å². The van der Waals surface area contributed by atoms with Crippen molar-refractivity contribution in [2.24, 2.45) is 0 Å². The standard InChI is InChI=1S/C20H19BrN2O2/c1-13(11-15-7-9-16(21)10-8-15)22-19(24)12-23-14(2)17-5-3-4-6-18(17)20(23)25/h3-10,13H,2,11-12H2,1H3,(H,22,24). The Labute approximate surface area is 155 Å². The molecule has 5 heteroatoms. The molecular formula is C20H19BrN2O2. The number of halogens is 1. The number of fused-ring (bicyclic) bond motifs is 1. The third-order valence-corrected chi connectivity index (χ3v) is 4.73. The van der Waals surface area contributed by atoms with Crippen molar-refractivity contribution in [3.05, 3.63) is 76.3 Å². The Kier molecular flexibility index (Phi) is 5.04. The zero-order valence-electron chi connectivity index (χ0n) is 14.0. The number of nitrogens with one attached hydrogen (secondary N) is 1. The van der Waals surface area contributed by atoms with Gasteiger partial charge < -0.3 is 5.32 Å². The van der Waals surface area contributed by atoms with Crippen molar-refractivity contribution in [3.8, 4) is 0 Å². The summed E-state index contributed by atoms with van der Waals surface area (Å²) in [5.41, 5.74) is 3.12. The molecule has 0 saturated heterocycles. The summed E-state index contributed by atoms with van der Waals surface area (Å²) >= 11 is 3.41. The average molecular weight is 399 g/mol. The van der Waals surface area contributed by atoms with E-state index in [-0.39, 0.29) is 24.4 Å². The van der Waals surface area contributed by atoms with Gasteiger partial charge in [-0.2, -0.15) is 0 Å². The maximum atomic E-state index is 12.4. The fraction of sp³-hybridized carbons (Fsp3) is 0.200. The second kappa shape index (κ2) is 7.23. The lowest BCUT2D eigenvalue weighted by atomic mass is 10.1. The van der Waals surface area contributed by atoms with Gasteiger partial charge in [0.15, 0.2) is 0 Å². The molecular weight excluding hydrogens is 380 g/mol. The van der Waals surface area contributed by atoms with Gasteiger partial charge >= 0.3 is 0 Å². The topological polar surface area (TPSA) is 49.4 Å². The summed E-state index contributed by atoms with van der Waals surface area (Å²) in [5, 5.41) is 2.95. The molecule has 1 atom stereocenters. The van der Waals surface area contributed by atoms with Gasteiger partial charge in [0.1, 0.15) is 6.54 Å². The molecule has 2 aromatic carbocycles. The third-order valence-electron chi connectivity index (χ3n) is 4.20. The van der Waals surface area contributed by atoms with Gasteiger partial charge in [-0.05, 0) is 37.1 Å². The van der Waals surface area contributed by atoms with Crippen LogP contribution < -0.4 is 5.32 Å². The Morgan fingerprint density at radius 3 is 2.44 bits per heavy atom. The van der Waals surface area contributed by atoms with Crippen molar-refractivity contribution < 1.29 is 9.59 Å². The fourth-order valence-electron chi connectivity index (χ4n) is 2.99. The molecule has 1 heterocycles. The van der Waals surface area contributed by atoms with E-state index in [1.54, 1.807) is 6.07 Å². The Bertz CT molecular complexity index is 795.